The SMILES string of the molecule is C=C(O)Cc1cccc(S(=O)(=O)N2CCN(c3ccc(C(C)(C)CC)cc3)CC2)c1. The quantitative estimate of drug-likeness (QED) is 0.660. The summed E-state index contributed by atoms with van der Waals surface area (Å²) in [6.07, 6.45) is 1.33. The second-order valence-corrected chi connectivity index (χ2v) is 10.5. The number of allylic oxidation sites excluding steroid dienone is 1. The fraction of sp³-hybridized carbons (Fsp3) is 0.417. The summed E-state index contributed by atoms with van der Waals surface area (Å²) in [6.45, 7) is 12.4. The molecule has 0 unspecified atom stereocenters. The monoisotopic (exact) mass is 428 g/mol. The van der Waals surface area contributed by atoms with Crippen molar-refractivity contribution in [3.05, 3.63) is 72.0 Å². The lowest BCUT2D eigenvalue weighted by molar-refractivity contribution is 0.384. The van der Waals surface area contributed by atoms with Gasteiger partial charge in [0, 0.05) is 38.3 Å². The second-order valence-electron chi connectivity index (χ2n) is 8.57. The highest BCUT2D eigenvalue weighted by Gasteiger charge is 2.29. The van der Waals surface area contributed by atoms with E-state index in [-0.39, 0.29) is 22.5 Å². The van der Waals surface area contributed by atoms with Gasteiger partial charge in [-0.25, -0.2) is 8.42 Å². The lowest BCUT2D eigenvalue weighted by atomic mass is 9.82. The van der Waals surface area contributed by atoms with E-state index in [4.69, 9.17) is 0 Å². The molecule has 1 N–H and O–H groups in total. The third-order valence-electron chi connectivity index (χ3n) is 6.08. The Morgan fingerprint density at radius 2 is 1.70 bits per heavy atom. The minimum absolute atomic E-state index is 0.0199. The van der Waals surface area contributed by atoms with Gasteiger partial charge >= 0.3 is 0 Å². The first kappa shape index (κ1) is 22.4. The molecule has 1 aliphatic rings. The molecule has 0 aromatic heterocycles. The van der Waals surface area contributed by atoms with Gasteiger partial charge in [0.1, 0.15) is 0 Å². The summed E-state index contributed by atoms with van der Waals surface area (Å²) >= 11 is 0. The molecule has 30 heavy (non-hydrogen) atoms. The fourth-order valence-corrected chi connectivity index (χ4v) is 5.21. The zero-order chi connectivity index (χ0) is 21.9. The number of aliphatic hydroxyl groups is 1. The van der Waals surface area contributed by atoms with Gasteiger partial charge in [-0.1, -0.05) is 51.6 Å². The Bertz CT molecular complexity index is 989. The van der Waals surface area contributed by atoms with Crippen LogP contribution >= 0.6 is 0 Å². The third-order valence-corrected chi connectivity index (χ3v) is 7.98. The number of piperazine rings is 1. The number of hydrogen-bond acceptors (Lipinski definition) is 4. The van der Waals surface area contributed by atoms with Crippen LogP contribution in [0.3, 0.4) is 0 Å². The maximum absolute atomic E-state index is 13.1. The number of benzene rings is 2. The molecule has 6 heteroatoms. The molecule has 3 rings (SSSR count). The predicted octanol–water partition coefficient (Wildman–Crippen LogP) is 4.50. The van der Waals surface area contributed by atoms with Gasteiger partial charge in [0.25, 0.3) is 0 Å². The van der Waals surface area contributed by atoms with Crippen molar-refractivity contribution in [2.45, 2.75) is 43.9 Å². The van der Waals surface area contributed by atoms with Crippen LogP contribution in [-0.2, 0) is 21.9 Å². The Labute approximate surface area is 180 Å². The molecule has 0 atom stereocenters. The van der Waals surface area contributed by atoms with Crippen molar-refractivity contribution in [2.24, 2.45) is 0 Å². The van der Waals surface area contributed by atoms with E-state index < -0.39 is 10.0 Å². The highest BCUT2D eigenvalue weighted by atomic mass is 32.2. The minimum Gasteiger partial charge on any atom is -0.513 e. The Balaban J connectivity index is 1.68. The summed E-state index contributed by atoms with van der Waals surface area (Å²) in [6, 6.07) is 15.4. The van der Waals surface area contributed by atoms with Crippen molar-refractivity contribution in [3.8, 4) is 0 Å². The van der Waals surface area contributed by atoms with E-state index in [0.29, 0.717) is 26.2 Å². The topological polar surface area (TPSA) is 60.9 Å². The second kappa shape index (κ2) is 8.82. The summed E-state index contributed by atoms with van der Waals surface area (Å²) in [4.78, 5) is 2.50. The molecule has 1 fully saturated rings. The predicted molar refractivity (Wildman–Crippen MR) is 123 cm³/mol. The summed E-state index contributed by atoms with van der Waals surface area (Å²) in [5, 5.41) is 9.40. The molecule has 0 amide bonds. The minimum atomic E-state index is -3.56. The first-order valence-electron chi connectivity index (χ1n) is 10.4. The van der Waals surface area contributed by atoms with Gasteiger partial charge in [-0.15, -0.1) is 0 Å². The molecule has 0 radical (unpaired) electrons. The number of aliphatic hydroxyl groups excluding tert-OH is 1. The fourth-order valence-electron chi connectivity index (χ4n) is 3.71. The van der Waals surface area contributed by atoms with E-state index in [1.54, 1.807) is 28.6 Å². The average molecular weight is 429 g/mol. The normalized spacial score (nSPS) is 15.9. The average Bonchev–Trinajstić information content (AvgIpc) is 2.73. The maximum atomic E-state index is 13.1. The van der Waals surface area contributed by atoms with Crippen LogP contribution in [0, 0.1) is 0 Å². The van der Waals surface area contributed by atoms with Gasteiger partial charge in [-0.05, 0) is 47.2 Å². The number of hydrogen-bond donors (Lipinski definition) is 1. The number of nitrogens with zero attached hydrogens (tertiary/aromatic N) is 2. The van der Waals surface area contributed by atoms with Crippen LogP contribution in [0.4, 0.5) is 5.69 Å². The number of rotatable bonds is 7. The maximum Gasteiger partial charge on any atom is 0.243 e. The zero-order valence-electron chi connectivity index (χ0n) is 18.1. The summed E-state index contributed by atoms with van der Waals surface area (Å²) < 4.78 is 27.7. The van der Waals surface area contributed by atoms with Crippen LogP contribution in [0.15, 0.2) is 65.8 Å². The van der Waals surface area contributed by atoms with E-state index in [9.17, 15) is 13.5 Å². The van der Waals surface area contributed by atoms with Gasteiger partial charge in [0.15, 0.2) is 0 Å². The van der Waals surface area contributed by atoms with Gasteiger partial charge < -0.3 is 10.0 Å². The first-order valence-corrected chi connectivity index (χ1v) is 11.9. The van der Waals surface area contributed by atoms with Crippen molar-refractivity contribution < 1.29 is 13.5 Å². The van der Waals surface area contributed by atoms with Gasteiger partial charge in [-0.3, -0.25) is 0 Å². The molecule has 5 nitrogen and oxygen atoms in total. The van der Waals surface area contributed by atoms with Crippen molar-refractivity contribution >= 4 is 15.7 Å². The molecule has 2 aromatic rings. The molecule has 1 heterocycles. The highest BCUT2D eigenvalue weighted by Crippen LogP contribution is 2.29. The van der Waals surface area contributed by atoms with Crippen LogP contribution in [-0.4, -0.2) is 44.0 Å². The van der Waals surface area contributed by atoms with Crippen molar-refractivity contribution in [1.29, 1.82) is 0 Å². The highest BCUT2D eigenvalue weighted by molar-refractivity contribution is 7.89. The molecular weight excluding hydrogens is 396 g/mol. The van der Waals surface area contributed by atoms with Crippen LogP contribution in [0.2, 0.25) is 0 Å². The Morgan fingerprint density at radius 1 is 1.07 bits per heavy atom. The molecule has 0 spiro atoms. The largest absolute Gasteiger partial charge is 0.513 e. The van der Waals surface area contributed by atoms with Crippen molar-refractivity contribution in [3.63, 3.8) is 0 Å². The number of anilines is 1. The van der Waals surface area contributed by atoms with Crippen molar-refractivity contribution in [2.75, 3.05) is 31.1 Å². The first-order chi connectivity index (χ1) is 14.1. The van der Waals surface area contributed by atoms with Crippen LogP contribution in [0.25, 0.3) is 0 Å². The van der Waals surface area contributed by atoms with Gasteiger partial charge in [0.2, 0.25) is 10.0 Å². The summed E-state index contributed by atoms with van der Waals surface area (Å²) in [7, 11) is -3.56. The standard InChI is InChI=1S/C24H32N2O3S/c1-5-24(3,4)21-9-11-22(12-10-21)25-13-15-26(16-14-25)30(28,29)23-8-6-7-20(18-23)17-19(2)27/h6-12,18,27H,2,5,13-17H2,1,3-4H3. The Kier molecular flexibility index (Phi) is 6.58. The van der Waals surface area contributed by atoms with Gasteiger partial charge in [0.05, 0.1) is 10.7 Å². The molecule has 0 aliphatic carbocycles. The Hall–Kier alpha value is -2.31. The Morgan fingerprint density at radius 3 is 2.27 bits per heavy atom. The lowest BCUT2D eigenvalue weighted by Gasteiger charge is -2.35. The molecule has 162 valence electrons. The van der Waals surface area contributed by atoms with E-state index >= 15 is 0 Å². The summed E-state index contributed by atoms with van der Waals surface area (Å²) in [5.41, 5.74) is 3.34. The van der Waals surface area contributed by atoms with Crippen LogP contribution < -0.4 is 4.90 Å². The third kappa shape index (κ3) is 4.87. The van der Waals surface area contributed by atoms with E-state index in [1.165, 1.54) is 5.56 Å². The van der Waals surface area contributed by atoms with Crippen LogP contribution in [0.1, 0.15) is 38.3 Å². The molecule has 0 bridgehead atoms. The van der Waals surface area contributed by atoms with Crippen molar-refractivity contribution in [1.82, 2.24) is 4.31 Å². The smallest absolute Gasteiger partial charge is 0.243 e. The van der Waals surface area contributed by atoms with E-state index in [0.717, 1.165) is 17.7 Å². The summed E-state index contributed by atoms with van der Waals surface area (Å²) in [5.74, 6) is 0.0199. The molecular formula is C24H32N2O3S. The number of sulfonamides is 1. The van der Waals surface area contributed by atoms with Gasteiger partial charge in [-0.2, -0.15) is 4.31 Å². The lowest BCUT2D eigenvalue weighted by Crippen LogP contribution is -2.48. The molecule has 1 aliphatic heterocycles. The molecule has 1 saturated heterocycles. The van der Waals surface area contributed by atoms with E-state index in [2.05, 4.69) is 56.5 Å². The molecule has 2 aromatic carbocycles. The van der Waals surface area contributed by atoms with Crippen LogP contribution in [0.5, 0.6) is 0 Å². The van der Waals surface area contributed by atoms with E-state index in [1.807, 2.05) is 0 Å². The zero-order valence-corrected chi connectivity index (χ0v) is 19.0. The molecule has 0 saturated carbocycles.